The summed E-state index contributed by atoms with van der Waals surface area (Å²) in [5, 5.41) is 3.33. The minimum Gasteiger partial charge on any atom is -0.330 e. The molecule has 0 amide bonds. The molecule has 2 heteroatoms. The van der Waals surface area contributed by atoms with Crippen LogP contribution in [0.2, 0.25) is 0 Å². The molecule has 0 saturated carbocycles. The molecule has 1 rings (SSSR count). The van der Waals surface area contributed by atoms with Crippen molar-refractivity contribution in [2.75, 3.05) is 19.6 Å². The summed E-state index contributed by atoms with van der Waals surface area (Å²) in [5.41, 5.74) is 5.98. The highest BCUT2D eigenvalue weighted by atomic mass is 14.9. The molecule has 2 unspecified atom stereocenters. The van der Waals surface area contributed by atoms with Gasteiger partial charge in [-0.3, -0.25) is 0 Å². The van der Waals surface area contributed by atoms with Gasteiger partial charge in [0.15, 0.2) is 0 Å². The molecule has 1 saturated heterocycles. The second kappa shape index (κ2) is 2.27. The Bertz CT molecular complexity index is 103. The Morgan fingerprint density at radius 2 is 2.44 bits per heavy atom. The SMILES string of the molecule is CC1CNCC1(C)CN. The Morgan fingerprint density at radius 1 is 1.78 bits per heavy atom. The van der Waals surface area contributed by atoms with E-state index in [0.717, 1.165) is 25.6 Å². The number of hydrogen-bond donors (Lipinski definition) is 2. The van der Waals surface area contributed by atoms with E-state index in [0.29, 0.717) is 5.41 Å². The smallest absolute Gasteiger partial charge is 0.00204 e. The zero-order valence-corrected chi connectivity index (χ0v) is 6.28. The molecule has 0 aromatic heterocycles. The van der Waals surface area contributed by atoms with Crippen molar-refractivity contribution in [3.05, 3.63) is 0 Å². The second-order valence-corrected chi connectivity index (χ2v) is 3.39. The van der Waals surface area contributed by atoms with Crippen molar-refractivity contribution in [2.24, 2.45) is 17.1 Å². The lowest BCUT2D eigenvalue weighted by atomic mass is 9.81. The lowest BCUT2D eigenvalue weighted by Gasteiger charge is -2.25. The molecule has 1 aliphatic rings. The van der Waals surface area contributed by atoms with E-state index in [1.165, 1.54) is 0 Å². The Balaban J connectivity index is 2.56. The van der Waals surface area contributed by atoms with E-state index in [1.807, 2.05) is 0 Å². The van der Waals surface area contributed by atoms with Crippen LogP contribution in [0.3, 0.4) is 0 Å². The van der Waals surface area contributed by atoms with Crippen LogP contribution in [0.5, 0.6) is 0 Å². The van der Waals surface area contributed by atoms with Crippen LogP contribution in [-0.4, -0.2) is 19.6 Å². The predicted molar refractivity (Wildman–Crippen MR) is 39.2 cm³/mol. The van der Waals surface area contributed by atoms with Crippen molar-refractivity contribution in [3.63, 3.8) is 0 Å². The van der Waals surface area contributed by atoms with Gasteiger partial charge in [0.25, 0.3) is 0 Å². The summed E-state index contributed by atoms with van der Waals surface area (Å²) in [6.07, 6.45) is 0. The molecule has 0 aliphatic carbocycles. The van der Waals surface area contributed by atoms with Gasteiger partial charge in [-0.1, -0.05) is 13.8 Å². The Kier molecular flexibility index (Phi) is 1.78. The molecule has 0 aromatic rings. The quantitative estimate of drug-likeness (QED) is 0.529. The van der Waals surface area contributed by atoms with Gasteiger partial charge in [-0.05, 0) is 24.4 Å². The molecule has 9 heavy (non-hydrogen) atoms. The standard InChI is InChI=1S/C7H16N2/c1-6-3-9-5-7(6,2)4-8/h6,9H,3-5,8H2,1-2H3. The average Bonchev–Trinajstić information content (AvgIpc) is 2.15. The lowest BCUT2D eigenvalue weighted by molar-refractivity contribution is 0.286. The maximum atomic E-state index is 5.62. The minimum atomic E-state index is 0.361. The maximum absolute atomic E-state index is 5.62. The molecule has 3 N–H and O–H groups in total. The first-order valence-electron chi connectivity index (χ1n) is 3.60. The molecule has 0 bridgehead atoms. The van der Waals surface area contributed by atoms with Gasteiger partial charge in [0.05, 0.1) is 0 Å². The molecule has 0 aromatic carbocycles. The van der Waals surface area contributed by atoms with Crippen LogP contribution in [0, 0.1) is 11.3 Å². The van der Waals surface area contributed by atoms with Gasteiger partial charge in [0.1, 0.15) is 0 Å². The van der Waals surface area contributed by atoms with Gasteiger partial charge in [0, 0.05) is 6.54 Å². The van der Waals surface area contributed by atoms with Crippen LogP contribution < -0.4 is 11.1 Å². The fraction of sp³-hybridized carbons (Fsp3) is 1.00. The first-order valence-corrected chi connectivity index (χ1v) is 3.60. The molecule has 1 fully saturated rings. The largest absolute Gasteiger partial charge is 0.330 e. The van der Waals surface area contributed by atoms with Gasteiger partial charge >= 0.3 is 0 Å². The van der Waals surface area contributed by atoms with Gasteiger partial charge in [-0.2, -0.15) is 0 Å². The van der Waals surface area contributed by atoms with E-state index < -0.39 is 0 Å². The Labute approximate surface area is 56.8 Å². The first-order chi connectivity index (χ1) is 4.19. The third-order valence-corrected chi connectivity index (χ3v) is 2.64. The van der Waals surface area contributed by atoms with E-state index in [-0.39, 0.29) is 0 Å². The highest BCUT2D eigenvalue weighted by Crippen LogP contribution is 2.28. The van der Waals surface area contributed by atoms with Crippen LogP contribution in [0.1, 0.15) is 13.8 Å². The van der Waals surface area contributed by atoms with Crippen LogP contribution in [0.25, 0.3) is 0 Å². The monoisotopic (exact) mass is 128 g/mol. The predicted octanol–water partition coefficient (Wildman–Crippen LogP) is 0.191. The van der Waals surface area contributed by atoms with Crippen LogP contribution in [-0.2, 0) is 0 Å². The van der Waals surface area contributed by atoms with Crippen molar-refractivity contribution in [3.8, 4) is 0 Å². The summed E-state index contributed by atoms with van der Waals surface area (Å²) in [5.74, 6) is 0.738. The number of hydrogen-bond acceptors (Lipinski definition) is 2. The summed E-state index contributed by atoms with van der Waals surface area (Å²) < 4.78 is 0. The molecule has 2 atom stereocenters. The zero-order chi connectivity index (χ0) is 6.91. The molecule has 54 valence electrons. The normalized spacial score (nSPS) is 43.7. The molecule has 0 spiro atoms. The van der Waals surface area contributed by atoms with E-state index in [1.54, 1.807) is 0 Å². The summed E-state index contributed by atoms with van der Waals surface area (Å²) in [6.45, 7) is 7.53. The molecule has 0 radical (unpaired) electrons. The van der Waals surface area contributed by atoms with Crippen molar-refractivity contribution in [1.29, 1.82) is 0 Å². The van der Waals surface area contributed by atoms with Crippen LogP contribution in [0.15, 0.2) is 0 Å². The Morgan fingerprint density at radius 3 is 2.67 bits per heavy atom. The molecular weight excluding hydrogens is 112 g/mol. The summed E-state index contributed by atoms with van der Waals surface area (Å²) in [6, 6.07) is 0. The van der Waals surface area contributed by atoms with Gasteiger partial charge in [-0.15, -0.1) is 0 Å². The maximum Gasteiger partial charge on any atom is 0.00204 e. The first kappa shape index (κ1) is 7.03. The van der Waals surface area contributed by atoms with Crippen molar-refractivity contribution in [2.45, 2.75) is 13.8 Å². The highest BCUT2D eigenvalue weighted by molar-refractivity contribution is 4.89. The third-order valence-electron chi connectivity index (χ3n) is 2.64. The molecular formula is C7H16N2. The molecule has 2 nitrogen and oxygen atoms in total. The summed E-state index contributed by atoms with van der Waals surface area (Å²) in [7, 11) is 0. The van der Waals surface area contributed by atoms with Gasteiger partial charge in [-0.25, -0.2) is 0 Å². The zero-order valence-electron chi connectivity index (χ0n) is 6.28. The fourth-order valence-corrected chi connectivity index (χ4v) is 1.27. The van der Waals surface area contributed by atoms with Crippen molar-refractivity contribution in [1.82, 2.24) is 5.32 Å². The van der Waals surface area contributed by atoms with Gasteiger partial charge < -0.3 is 11.1 Å². The number of nitrogens with two attached hydrogens (primary N) is 1. The minimum absolute atomic E-state index is 0.361. The van der Waals surface area contributed by atoms with Crippen LogP contribution >= 0.6 is 0 Å². The van der Waals surface area contributed by atoms with E-state index in [4.69, 9.17) is 5.73 Å². The van der Waals surface area contributed by atoms with E-state index in [9.17, 15) is 0 Å². The number of nitrogens with one attached hydrogen (secondary N) is 1. The van der Waals surface area contributed by atoms with E-state index in [2.05, 4.69) is 19.2 Å². The topological polar surface area (TPSA) is 38.0 Å². The summed E-state index contributed by atoms with van der Waals surface area (Å²) >= 11 is 0. The highest BCUT2D eigenvalue weighted by Gasteiger charge is 2.33. The summed E-state index contributed by atoms with van der Waals surface area (Å²) in [4.78, 5) is 0. The van der Waals surface area contributed by atoms with Crippen molar-refractivity contribution >= 4 is 0 Å². The van der Waals surface area contributed by atoms with Crippen molar-refractivity contribution < 1.29 is 0 Å². The third kappa shape index (κ3) is 1.10. The Hall–Kier alpha value is -0.0800. The van der Waals surface area contributed by atoms with Gasteiger partial charge in [0.2, 0.25) is 0 Å². The second-order valence-electron chi connectivity index (χ2n) is 3.39. The van der Waals surface area contributed by atoms with Crippen LogP contribution in [0.4, 0.5) is 0 Å². The molecule has 1 aliphatic heterocycles. The lowest BCUT2D eigenvalue weighted by Crippen LogP contribution is -2.33. The van der Waals surface area contributed by atoms with E-state index >= 15 is 0 Å². The fourth-order valence-electron chi connectivity index (χ4n) is 1.27. The molecule has 1 heterocycles. The number of rotatable bonds is 1. The average molecular weight is 128 g/mol.